The van der Waals surface area contributed by atoms with Gasteiger partial charge >= 0.3 is 5.97 Å². The average molecular weight is 423 g/mol. The van der Waals surface area contributed by atoms with Gasteiger partial charge in [-0.05, 0) is 42.7 Å². The minimum Gasteiger partial charge on any atom is -0.464 e. The second kappa shape index (κ2) is 9.50. The molecular weight excluding hydrogens is 392 g/mol. The van der Waals surface area contributed by atoms with Crippen molar-refractivity contribution >= 4 is 28.6 Å². The predicted octanol–water partition coefficient (Wildman–Crippen LogP) is 3.68. The zero-order valence-corrected chi connectivity index (χ0v) is 18.0. The van der Waals surface area contributed by atoms with Gasteiger partial charge in [0.15, 0.2) is 0 Å². The molecular formula is C25H30N2O4. The van der Waals surface area contributed by atoms with E-state index >= 15 is 0 Å². The predicted molar refractivity (Wildman–Crippen MR) is 119 cm³/mol. The number of benzene rings is 2. The van der Waals surface area contributed by atoms with Gasteiger partial charge in [0, 0.05) is 30.5 Å². The molecule has 0 bridgehead atoms. The maximum Gasteiger partial charge on any atom is 0.328 e. The number of amides is 2. The molecule has 1 aliphatic carbocycles. The van der Waals surface area contributed by atoms with E-state index in [-0.39, 0.29) is 36.4 Å². The summed E-state index contributed by atoms with van der Waals surface area (Å²) in [6.07, 6.45) is 5.40. The molecule has 6 nitrogen and oxygen atoms in total. The molecule has 1 heterocycles. The molecule has 4 rings (SSSR count). The zero-order chi connectivity index (χ0) is 21.8. The Morgan fingerprint density at radius 1 is 1.03 bits per heavy atom. The molecule has 2 amide bonds. The molecule has 0 radical (unpaired) electrons. The topological polar surface area (TPSA) is 75.7 Å². The largest absolute Gasteiger partial charge is 0.464 e. The Kier molecular flexibility index (Phi) is 6.54. The number of nitrogens with zero attached hydrogens (tertiary/aromatic N) is 1. The Hall–Kier alpha value is -2.89. The molecule has 0 aromatic heterocycles. The van der Waals surface area contributed by atoms with Crippen molar-refractivity contribution in [2.75, 3.05) is 13.2 Å². The normalized spacial score (nSPS) is 21.8. The molecule has 31 heavy (non-hydrogen) atoms. The van der Waals surface area contributed by atoms with E-state index in [2.05, 4.69) is 5.32 Å². The van der Waals surface area contributed by atoms with Gasteiger partial charge in [-0.15, -0.1) is 0 Å². The molecule has 1 saturated heterocycles. The first-order chi connectivity index (χ1) is 15.1. The minimum atomic E-state index is -0.628. The molecule has 2 aromatic carbocycles. The summed E-state index contributed by atoms with van der Waals surface area (Å²) in [4.78, 5) is 40.3. The van der Waals surface area contributed by atoms with Crippen molar-refractivity contribution in [2.45, 2.75) is 57.5 Å². The fourth-order valence-electron chi connectivity index (χ4n) is 4.83. The van der Waals surface area contributed by atoms with Crippen molar-refractivity contribution in [1.82, 2.24) is 10.2 Å². The van der Waals surface area contributed by atoms with Gasteiger partial charge in [-0.2, -0.15) is 0 Å². The van der Waals surface area contributed by atoms with Crippen molar-refractivity contribution in [2.24, 2.45) is 5.92 Å². The molecule has 2 fully saturated rings. The second-order valence-corrected chi connectivity index (χ2v) is 8.56. The van der Waals surface area contributed by atoms with Crippen molar-refractivity contribution < 1.29 is 19.1 Å². The average Bonchev–Trinajstić information content (AvgIpc) is 3.22. The lowest BCUT2D eigenvalue weighted by Gasteiger charge is -2.29. The van der Waals surface area contributed by atoms with Crippen LogP contribution in [0.5, 0.6) is 0 Å². The summed E-state index contributed by atoms with van der Waals surface area (Å²) in [5.74, 6) is -0.569. The summed E-state index contributed by atoms with van der Waals surface area (Å²) in [7, 11) is 0. The number of fused-ring (bicyclic) bond motifs is 1. The summed E-state index contributed by atoms with van der Waals surface area (Å²) in [6, 6.07) is 12.6. The molecule has 1 aliphatic heterocycles. The molecule has 2 aliphatic rings. The van der Waals surface area contributed by atoms with Crippen LogP contribution in [0.25, 0.3) is 10.8 Å². The van der Waals surface area contributed by atoms with E-state index in [0.29, 0.717) is 18.5 Å². The van der Waals surface area contributed by atoms with Crippen molar-refractivity contribution in [3.05, 3.63) is 48.0 Å². The molecule has 6 heteroatoms. The fourth-order valence-corrected chi connectivity index (χ4v) is 4.83. The van der Waals surface area contributed by atoms with Crippen molar-refractivity contribution in [3.8, 4) is 0 Å². The van der Waals surface area contributed by atoms with Gasteiger partial charge in [0.05, 0.1) is 6.61 Å². The van der Waals surface area contributed by atoms with Crippen LogP contribution < -0.4 is 5.32 Å². The van der Waals surface area contributed by atoms with Crippen molar-refractivity contribution in [3.63, 3.8) is 0 Å². The number of hydrogen-bond donors (Lipinski definition) is 1. The molecule has 164 valence electrons. The summed E-state index contributed by atoms with van der Waals surface area (Å²) >= 11 is 0. The van der Waals surface area contributed by atoms with E-state index in [0.717, 1.165) is 42.9 Å². The standard InChI is InChI=1S/C25H30N2O4/c1-2-31-25(30)22-15-21(16-27(22)24(29)18-9-4-3-5-10-18)26-23(28)20-13-12-17-8-6-7-11-19(17)14-20/h6-8,11-14,18,21-22H,2-5,9-10,15-16H2,1H3,(H,26,28). The Balaban J connectivity index is 1.47. The molecule has 1 N–H and O–H groups in total. The lowest BCUT2D eigenvalue weighted by atomic mass is 9.88. The highest BCUT2D eigenvalue weighted by Crippen LogP contribution is 2.29. The maximum absolute atomic E-state index is 13.2. The third kappa shape index (κ3) is 4.73. The molecule has 0 spiro atoms. The second-order valence-electron chi connectivity index (χ2n) is 8.56. The van der Waals surface area contributed by atoms with E-state index in [1.165, 1.54) is 0 Å². The Morgan fingerprint density at radius 2 is 1.77 bits per heavy atom. The van der Waals surface area contributed by atoms with E-state index in [1.54, 1.807) is 17.9 Å². The number of hydrogen-bond acceptors (Lipinski definition) is 4. The third-order valence-electron chi connectivity index (χ3n) is 6.44. The Bertz CT molecular complexity index is 967. The first-order valence-corrected chi connectivity index (χ1v) is 11.3. The van der Waals surface area contributed by atoms with Gasteiger partial charge < -0.3 is 15.0 Å². The van der Waals surface area contributed by atoms with Crippen LogP contribution in [0.4, 0.5) is 0 Å². The number of esters is 1. The quantitative estimate of drug-likeness (QED) is 0.746. The number of carbonyl (C=O) groups is 3. The van der Waals surface area contributed by atoms with Gasteiger partial charge in [0.1, 0.15) is 6.04 Å². The van der Waals surface area contributed by atoms with Crippen LogP contribution in [-0.2, 0) is 14.3 Å². The highest BCUT2D eigenvalue weighted by molar-refractivity contribution is 5.99. The van der Waals surface area contributed by atoms with Crippen LogP contribution in [-0.4, -0.2) is 47.9 Å². The third-order valence-corrected chi connectivity index (χ3v) is 6.44. The Labute approximate surface area is 182 Å². The van der Waals surface area contributed by atoms with Gasteiger partial charge in [-0.3, -0.25) is 9.59 Å². The summed E-state index contributed by atoms with van der Waals surface area (Å²) in [5, 5.41) is 5.11. The summed E-state index contributed by atoms with van der Waals surface area (Å²) in [5.41, 5.74) is 0.573. The SMILES string of the molecule is CCOC(=O)C1CC(NC(=O)c2ccc3ccccc3c2)CN1C(=O)C1CCCCC1. The highest BCUT2D eigenvalue weighted by atomic mass is 16.5. The molecule has 2 unspecified atom stereocenters. The molecule has 2 aromatic rings. The minimum absolute atomic E-state index is 0.0272. The lowest BCUT2D eigenvalue weighted by Crippen LogP contribution is -2.45. The lowest BCUT2D eigenvalue weighted by molar-refractivity contribution is -0.154. The van der Waals surface area contributed by atoms with Crippen LogP contribution in [0.3, 0.4) is 0 Å². The number of nitrogens with one attached hydrogen (secondary N) is 1. The Morgan fingerprint density at radius 3 is 2.52 bits per heavy atom. The van der Waals surface area contributed by atoms with Gasteiger partial charge in [-0.25, -0.2) is 4.79 Å². The number of rotatable bonds is 5. The maximum atomic E-state index is 13.2. The van der Waals surface area contributed by atoms with Crippen LogP contribution in [0.15, 0.2) is 42.5 Å². The smallest absolute Gasteiger partial charge is 0.328 e. The summed E-state index contributed by atoms with van der Waals surface area (Å²) in [6.45, 7) is 2.38. The van der Waals surface area contributed by atoms with E-state index < -0.39 is 6.04 Å². The van der Waals surface area contributed by atoms with Crippen molar-refractivity contribution in [1.29, 1.82) is 0 Å². The first kappa shape index (κ1) is 21.3. The highest BCUT2D eigenvalue weighted by Gasteiger charge is 2.43. The van der Waals surface area contributed by atoms with E-state index in [9.17, 15) is 14.4 Å². The van der Waals surface area contributed by atoms with Gasteiger partial charge in [-0.1, -0.05) is 49.6 Å². The summed E-state index contributed by atoms with van der Waals surface area (Å²) < 4.78 is 5.23. The number of carbonyl (C=O) groups excluding carboxylic acids is 3. The fraction of sp³-hybridized carbons (Fsp3) is 0.480. The first-order valence-electron chi connectivity index (χ1n) is 11.3. The monoisotopic (exact) mass is 422 g/mol. The van der Waals surface area contributed by atoms with Gasteiger partial charge in [0.25, 0.3) is 5.91 Å². The van der Waals surface area contributed by atoms with Crippen LogP contribution in [0, 0.1) is 5.92 Å². The van der Waals surface area contributed by atoms with Gasteiger partial charge in [0.2, 0.25) is 5.91 Å². The number of ether oxygens (including phenoxy) is 1. The van der Waals surface area contributed by atoms with Crippen LogP contribution in [0.2, 0.25) is 0 Å². The molecule has 1 saturated carbocycles. The van der Waals surface area contributed by atoms with Crippen LogP contribution in [0.1, 0.15) is 55.8 Å². The van der Waals surface area contributed by atoms with E-state index in [4.69, 9.17) is 4.74 Å². The number of likely N-dealkylation sites (tertiary alicyclic amines) is 1. The van der Waals surface area contributed by atoms with Crippen LogP contribution >= 0.6 is 0 Å². The van der Waals surface area contributed by atoms with E-state index in [1.807, 2.05) is 36.4 Å². The zero-order valence-electron chi connectivity index (χ0n) is 18.0. The molecule has 2 atom stereocenters.